The average molecular weight is 331 g/mol. The van der Waals surface area contributed by atoms with Crippen LogP contribution in [0.2, 0.25) is 0 Å². The van der Waals surface area contributed by atoms with E-state index in [-0.39, 0.29) is 0 Å². The smallest absolute Gasteiger partial charge is 0.00926 e. The molecular weight excluding hydrogens is 312 g/mol. The third kappa shape index (κ3) is 3.65. The van der Waals surface area contributed by atoms with Crippen LogP contribution in [0.3, 0.4) is 0 Å². The van der Waals surface area contributed by atoms with E-state index in [1.165, 1.54) is 27.8 Å². The fourth-order valence-corrected chi connectivity index (χ4v) is 3.04. The van der Waals surface area contributed by atoms with E-state index in [1.54, 1.807) is 0 Å². The molecule has 0 nitrogen and oxygen atoms in total. The lowest BCUT2D eigenvalue weighted by atomic mass is 9.94. The van der Waals surface area contributed by atoms with Crippen molar-refractivity contribution < 1.29 is 0 Å². The normalized spacial score (nSPS) is 10.9. The van der Waals surface area contributed by atoms with E-state index in [9.17, 15) is 0 Å². The summed E-state index contributed by atoms with van der Waals surface area (Å²) < 4.78 is 0. The van der Waals surface area contributed by atoms with Crippen LogP contribution in [0.15, 0.2) is 103 Å². The minimum absolute atomic E-state index is 1.10. The van der Waals surface area contributed by atoms with Crippen molar-refractivity contribution in [2.75, 3.05) is 0 Å². The predicted molar refractivity (Wildman–Crippen MR) is 112 cm³/mol. The van der Waals surface area contributed by atoms with Crippen LogP contribution in [0, 0.1) is 6.07 Å². The summed E-state index contributed by atoms with van der Waals surface area (Å²) >= 11 is 0. The Hall–Kier alpha value is -3.38. The Bertz CT molecular complexity index is 998. The van der Waals surface area contributed by atoms with Gasteiger partial charge in [0.1, 0.15) is 0 Å². The summed E-state index contributed by atoms with van der Waals surface area (Å²) in [6.07, 6.45) is 4.28. The van der Waals surface area contributed by atoms with Crippen LogP contribution in [0.25, 0.3) is 34.4 Å². The van der Waals surface area contributed by atoms with E-state index in [2.05, 4.69) is 103 Å². The molecule has 1 radical (unpaired) electrons. The molecule has 4 rings (SSSR count). The molecule has 0 heteroatoms. The molecule has 0 fully saturated rings. The highest BCUT2D eigenvalue weighted by atomic mass is 14.1. The van der Waals surface area contributed by atoms with Gasteiger partial charge in [-0.25, -0.2) is 0 Å². The first-order valence-corrected chi connectivity index (χ1v) is 8.80. The highest BCUT2D eigenvalue weighted by Gasteiger charge is 2.06. The molecule has 0 heterocycles. The van der Waals surface area contributed by atoms with E-state index in [4.69, 9.17) is 0 Å². The van der Waals surface area contributed by atoms with Gasteiger partial charge >= 0.3 is 0 Å². The molecule has 0 atom stereocenters. The number of hydrogen-bond donors (Lipinski definition) is 0. The zero-order chi connectivity index (χ0) is 17.6. The lowest BCUT2D eigenvalue weighted by molar-refractivity contribution is 1.56. The highest BCUT2D eigenvalue weighted by Crippen LogP contribution is 2.30. The van der Waals surface area contributed by atoms with E-state index in [0.717, 1.165) is 5.56 Å². The fraction of sp³-hybridized carbons (Fsp3) is 0. The van der Waals surface area contributed by atoms with Gasteiger partial charge < -0.3 is 0 Å². The van der Waals surface area contributed by atoms with Gasteiger partial charge in [0.25, 0.3) is 0 Å². The van der Waals surface area contributed by atoms with Gasteiger partial charge in [0, 0.05) is 0 Å². The van der Waals surface area contributed by atoms with Crippen molar-refractivity contribution in [1.29, 1.82) is 0 Å². The quantitative estimate of drug-likeness (QED) is 0.353. The largest absolute Gasteiger partial charge is 0.0622 e. The van der Waals surface area contributed by atoms with Crippen molar-refractivity contribution in [2.45, 2.75) is 0 Å². The van der Waals surface area contributed by atoms with Gasteiger partial charge in [-0.3, -0.25) is 0 Å². The van der Waals surface area contributed by atoms with Crippen molar-refractivity contribution in [1.82, 2.24) is 0 Å². The number of rotatable bonds is 4. The van der Waals surface area contributed by atoms with Crippen LogP contribution in [-0.4, -0.2) is 0 Å². The summed E-state index contributed by atoms with van der Waals surface area (Å²) in [7, 11) is 0. The molecule has 4 aromatic rings. The van der Waals surface area contributed by atoms with E-state index >= 15 is 0 Å². The molecule has 0 unspecified atom stereocenters. The summed E-state index contributed by atoms with van der Waals surface area (Å²) in [4.78, 5) is 0. The van der Waals surface area contributed by atoms with E-state index in [1.807, 2.05) is 18.2 Å². The third-order valence-electron chi connectivity index (χ3n) is 4.41. The summed E-state index contributed by atoms with van der Waals surface area (Å²) in [6, 6.07) is 39.1. The maximum Gasteiger partial charge on any atom is -0.00926 e. The molecule has 0 saturated carbocycles. The first-order chi connectivity index (χ1) is 12.9. The lowest BCUT2D eigenvalue weighted by Crippen LogP contribution is -1.86. The van der Waals surface area contributed by atoms with Gasteiger partial charge in [0.2, 0.25) is 0 Å². The molecule has 0 amide bonds. The van der Waals surface area contributed by atoms with Crippen LogP contribution >= 0.6 is 0 Å². The SMILES string of the molecule is [c]1cc(-c2ccccc2)cc(-c2ccccc2)c1C=Cc1ccccc1. The molecule has 0 aliphatic carbocycles. The van der Waals surface area contributed by atoms with Gasteiger partial charge in [-0.05, 0) is 51.6 Å². The Morgan fingerprint density at radius 2 is 1.12 bits per heavy atom. The Balaban J connectivity index is 1.79. The molecule has 0 saturated heterocycles. The Kier molecular flexibility index (Phi) is 4.75. The summed E-state index contributed by atoms with van der Waals surface area (Å²) in [5.74, 6) is 0. The van der Waals surface area contributed by atoms with Gasteiger partial charge in [0.15, 0.2) is 0 Å². The van der Waals surface area contributed by atoms with Gasteiger partial charge in [-0.1, -0.05) is 103 Å². The van der Waals surface area contributed by atoms with Crippen molar-refractivity contribution >= 4 is 12.2 Å². The van der Waals surface area contributed by atoms with Crippen LogP contribution < -0.4 is 0 Å². The molecule has 4 aromatic carbocycles. The molecule has 0 bridgehead atoms. The second-order valence-electron chi connectivity index (χ2n) is 6.19. The van der Waals surface area contributed by atoms with E-state index in [0.29, 0.717) is 0 Å². The van der Waals surface area contributed by atoms with Crippen molar-refractivity contribution in [2.24, 2.45) is 0 Å². The Labute approximate surface area is 155 Å². The predicted octanol–water partition coefficient (Wildman–Crippen LogP) is 6.99. The zero-order valence-corrected chi connectivity index (χ0v) is 14.5. The molecule has 0 spiro atoms. The van der Waals surface area contributed by atoms with Crippen LogP contribution in [0.4, 0.5) is 0 Å². The standard InChI is InChI=1S/C26H19/c1-4-10-21(11-5-1)16-17-24-18-19-25(22-12-6-2-7-13-22)20-26(24)23-14-8-3-9-15-23/h1-17,19-20H. The first kappa shape index (κ1) is 16.1. The zero-order valence-electron chi connectivity index (χ0n) is 14.5. The summed E-state index contributed by atoms with van der Waals surface area (Å²) in [6.45, 7) is 0. The second-order valence-corrected chi connectivity index (χ2v) is 6.19. The summed E-state index contributed by atoms with van der Waals surface area (Å²) in [5, 5.41) is 0. The van der Waals surface area contributed by atoms with Gasteiger partial charge in [0.05, 0.1) is 0 Å². The third-order valence-corrected chi connectivity index (χ3v) is 4.41. The van der Waals surface area contributed by atoms with Crippen LogP contribution in [-0.2, 0) is 0 Å². The van der Waals surface area contributed by atoms with Crippen molar-refractivity contribution in [3.05, 3.63) is 120 Å². The highest BCUT2D eigenvalue weighted by molar-refractivity contribution is 5.84. The molecule has 0 aliphatic heterocycles. The molecular formula is C26H19. The van der Waals surface area contributed by atoms with Gasteiger partial charge in [-0.15, -0.1) is 0 Å². The Morgan fingerprint density at radius 1 is 0.538 bits per heavy atom. The average Bonchev–Trinajstić information content (AvgIpc) is 2.74. The van der Waals surface area contributed by atoms with Crippen LogP contribution in [0.1, 0.15) is 11.1 Å². The lowest BCUT2D eigenvalue weighted by Gasteiger charge is -2.10. The summed E-state index contributed by atoms with van der Waals surface area (Å²) in [5.41, 5.74) is 7.07. The Morgan fingerprint density at radius 3 is 1.77 bits per heavy atom. The first-order valence-electron chi connectivity index (χ1n) is 8.80. The van der Waals surface area contributed by atoms with Crippen molar-refractivity contribution in [3.8, 4) is 22.3 Å². The molecule has 0 aliphatic rings. The molecule has 26 heavy (non-hydrogen) atoms. The molecule has 0 aromatic heterocycles. The monoisotopic (exact) mass is 331 g/mol. The molecule has 123 valence electrons. The van der Waals surface area contributed by atoms with Crippen molar-refractivity contribution in [3.63, 3.8) is 0 Å². The maximum absolute atomic E-state index is 3.49. The second kappa shape index (κ2) is 7.67. The van der Waals surface area contributed by atoms with Crippen LogP contribution in [0.5, 0.6) is 0 Å². The van der Waals surface area contributed by atoms with Gasteiger partial charge in [-0.2, -0.15) is 0 Å². The number of hydrogen-bond acceptors (Lipinski definition) is 0. The molecule has 0 N–H and O–H groups in total. The number of benzene rings is 4. The van der Waals surface area contributed by atoms with E-state index < -0.39 is 0 Å². The minimum Gasteiger partial charge on any atom is -0.0622 e. The minimum atomic E-state index is 1.10. The topological polar surface area (TPSA) is 0 Å². The fourth-order valence-electron chi connectivity index (χ4n) is 3.04. The maximum atomic E-state index is 3.49.